The maximum Gasteiger partial charge on any atom is 0.128 e. The van der Waals surface area contributed by atoms with Crippen LogP contribution in [0.25, 0.3) is 0 Å². The number of nitrogens with one attached hydrogen (secondary N) is 2. The molecule has 0 aliphatic carbocycles. The average molecular weight is 487 g/mol. The van der Waals surface area contributed by atoms with Gasteiger partial charge in [0, 0.05) is 30.3 Å². The van der Waals surface area contributed by atoms with E-state index in [1.807, 2.05) is 72.8 Å². The highest BCUT2D eigenvalue weighted by molar-refractivity contribution is 6.00. The molecule has 3 aromatic rings. The van der Waals surface area contributed by atoms with Crippen LogP contribution in [0, 0.1) is 0 Å². The summed E-state index contributed by atoms with van der Waals surface area (Å²) in [6.07, 6.45) is 0. The van der Waals surface area contributed by atoms with Crippen LogP contribution in [0.1, 0.15) is 11.1 Å². The van der Waals surface area contributed by atoms with E-state index in [2.05, 4.69) is 20.6 Å². The molecular weight excluding hydrogens is 456 g/mol. The molecule has 36 heavy (non-hydrogen) atoms. The summed E-state index contributed by atoms with van der Waals surface area (Å²) in [6, 6.07) is 23.4. The molecular formula is C28H30N4O4. The Labute approximate surface area is 211 Å². The predicted octanol–water partition coefficient (Wildman–Crippen LogP) is 3.30. The number of hydrogen-bond acceptors (Lipinski definition) is 8. The molecule has 0 amide bonds. The summed E-state index contributed by atoms with van der Waals surface area (Å²) in [4.78, 5) is 8.85. The van der Waals surface area contributed by atoms with E-state index in [1.165, 1.54) is 0 Å². The van der Waals surface area contributed by atoms with Crippen LogP contribution < -0.4 is 29.6 Å². The van der Waals surface area contributed by atoms with E-state index in [0.717, 1.165) is 72.0 Å². The Kier molecular flexibility index (Phi) is 7.83. The van der Waals surface area contributed by atoms with Crippen LogP contribution in [0.2, 0.25) is 0 Å². The highest BCUT2D eigenvalue weighted by Gasteiger charge is 2.09. The smallest absolute Gasteiger partial charge is 0.128 e. The van der Waals surface area contributed by atoms with Crippen LogP contribution in [0.3, 0.4) is 0 Å². The molecule has 0 aromatic heterocycles. The van der Waals surface area contributed by atoms with E-state index in [0.29, 0.717) is 26.4 Å². The first kappa shape index (κ1) is 23.5. The van der Waals surface area contributed by atoms with E-state index in [1.54, 1.807) is 0 Å². The molecule has 8 heteroatoms. The second kappa shape index (κ2) is 12.0. The molecule has 0 atom stereocenters. The Morgan fingerprint density at radius 2 is 0.944 bits per heavy atom. The van der Waals surface area contributed by atoms with Crippen LogP contribution in [0.4, 0.5) is 0 Å². The average Bonchev–Trinajstić information content (AvgIpc) is 3.66. The first-order valence-electron chi connectivity index (χ1n) is 12.2. The number of nitrogens with zero attached hydrogens (tertiary/aromatic N) is 2. The van der Waals surface area contributed by atoms with E-state index >= 15 is 0 Å². The lowest BCUT2D eigenvalue weighted by atomic mass is 10.2. The minimum absolute atomic E-state index is 0.431. The van der Waals surface area contributed by atoms with Crippen molar-refractivity contribution in [2.45, 2.75) is 0 Å². The zero-order chi connectivity index (χ0) is 24.4. The largest absolute Gasteiger partial charge is 0.490 e. The maximum atomic E-state index is 5.82. The lowest BCUT2D eigenvalue weighted by Gasteiger charge is -2.11. The number of hydrogen-bond donors (Lipinski definition) is 2. The van der Waals surface area contributed by atoms with Gasteiger partial charge in [0.2, 0.25) is 0 Å². The van der Waals surface area contributed by atoms with Gasteiger partial charge >= 0.3 is 0 Å². The van der Waals surface area contributed by atoms with Crippen molar-refractivity contribution in [1.82, 2.24) is 10.6 Å². The Bertz CT molecular complexity index is 1100. The highest BCUT2D eigenvalue weighted by atomic mass is 16.5. The highest BCUT2D eigenvalue weighted by Crippen LogP contribution is 2.20. The van der Waals surface area contributed by atoms with Crippen molar-refractivity contribution in [2.75, 3.05) is 52.6 Å². The van der Waals surface area contributed by atoms with Crippen molar-refractivity contribution in [1.29, 1.82) is 0 Å². The summed E-state index contributed by atoms with van der Waals surface area (Å²) in [6.45, 7) is 5.20. The molecule has 2 aliphatic heterocycles. The van der Waals surface area contributed by atoms with Gasteiger partial charge in [0.15, 0.2) is 0 Å². The molecule has 2 heterocycles. The van der Waals surface area contributed by atoms with E-state index in [-0.39, 0.29) is 0 Å². The topological polar surface area (TPSA) is 85.7 Å². The minimum atomic E-state index is 0.431. The van der Waals surface area contributed by atoms with Crippen molar-refractivity contribution < 1.29 is 18.9 Å². The molecule has 0 fully saturated rings. The number of amidine groups is 2. The predicted molar refractivity (Wildman–Crippen MR) is 140 cm³/mol. The second-order valence-corrected chi connectivity index (χ2v) is 8.23. The fourth-order valence-electron chi connectivity index (χ4n) is 3.89. The fraction of sp³-hybridized carbons (Fsp3) is 0.286. The van der Waals surface area contributed by atoms with Gasteiger partial charge in [-0.2, -0.15) is 0 Å². The van der Waals surface area contributed by atoms with E-state index < -0.39 is 0 Å². The third-order valence-corrected chi connectivity index (χ3v) is 5.65. The third kappa shape index (κ3) is 6.47. The molecule has 5 rings (SSSR count). The van der Waals surface area contributed by atoms with Gasteiger partial charge in [-0.05, 0) is 60.7 Å². The summed E-state index contributed by atoms with van der Waals surface area (Å²) in [5, 5.41) is 6.54. The van der Waals surface area contributed by atoms with Gasteiger partial charge in [0.05, 0.1) is 13.1 Å². The van der Waals surface area contributed by atoms with Crippen LogP contribution in [-0.4, -0.2) is 64.3 Å². The van der Waals surface area contributed by atoms with Crippen molar-refractivity contribution in [3.63, 3.8) is 0 Å². The lowest BCUT2D eigenvalue weighted by Crippen LogP contribution is -2.19. The molecule has 0 bridgehead atoms. The Morgan fingerprint density at radius 1 is 0.528 bits per heavy atom. The number of aliphatic imine (C=N–C) groups is 2. The zero-order valence-corrected chi connectivity index (χ0v) is 20.1. The molecule has 3 aromatic carbocycles. The molecule has 0 spiro atoms. The minimum Gasteiger partial charge on any atom is -0.490 e. The molecule has 8 nitrogen and oxygen atoms in total. The Balaban J connectivity index is 0.996. The van der Waals surface area contributed by atoms with Crippen LogP contribution in [-0.2, 0) is 0 Å². The van der Waals surface area contributed by atoms with Crippen LogP contribution >= 0.6 is 0 Å². The summed E-state index contributed by atoms with van der Waals surface area (Å²) >= 11 is 0. The van der Waals surface area contributed by atoms with Crippen molar-refractivity contribution in [3.05, 3.63) is 83.9 Å². The summed E-state index contributed by atoms with van der Waals surface area (Å²) < 4.78 is 23.2. The second-order valence-electron chi connectivity index (χ2n) is 8.23. The summed E-state index contributed by atoms with van der Waals surface area (Å²) in [7, 11) is 0. The molecule has 0 saturated heterocycles. The maximum absolute atomic E-state index is 5.82. The van der Waals surface area contributed by atoms with E-state index in [9.17, 15) is 0 Å². The van der Waals surface area contributed by atoms with Crippen molar-refractivity contribution in [3.8, 4) is 23.0 Å². The first-order chi connectivity index (χ1) is 17.8. The van der Waals surface area contributed by atoms with E-state index in [4.69, 9.17) is 18.9 Å². The van der Waals surface area contributed by atoms with Gasteiger partial charge in [0.1, 0.15) is 61.1 Å². The fourth-order valence-corrected chi connectivity index (χ4v) is 3.89. The summed E-state index contributed by atoms with van der Waals surface area (Å²) in [5.74, 6) is 4.96. The van der Waals surface area contributed by atoms with Crippen LogP contribution in [0.15, 0.2) is 82.8 Å². The molecule has 0 saturated carbocycles. The third-order valence-electron chi connectivity index (χ3n) is 5.65. The Hall–Kier alpha value is -4.20. The van der Waals surface area contributed by atoms with Gasteiger partial charge < -0.3 is 29.6 Å². The van der Waals surface area contributed by atoms with Gasteiger partial charge in [-0.3, -0.25) is 9.98 Å². The SMILES string of the molecule is c1cc(OCCOc2ccc(C3=NCCN3)cc2)cc(OCCOc2ccc(C3=NCCN3)cc2)c1. The number of benzene rings is 3. The quantitative estimate of drug-likeness (QED) is 0.382. The molecule has 186 valence electrons. The Morgan fingerprint density at radius 3 is 1.33 bits per heavy atom. The molecule has 0 radical (unpaired) electrons. The van der Waals surface area contributed by atoms with Gasteiger partial charge in [-0.25, -0.2) is 0 Å². The normalized spacial score (nSPS) is 14.3. The van der Waals surface area contributed by atoms with Crippen molar-refractivity contribution >= 4 is 11.7 Å². The summed E-state index contributed by atoms with van der Waals surface area (Å²) in [5.41, 5.74) is 2.15. The van der Waals surface area contributed by atoms with Gasteiger partial charge in [-0.15, -0.1) is 0 Å². The lowest BCUT2D eigenvalue weighted by molar-refractivity contribution is 0.210. The standard InChI is InChI=1S/C28H30N4O4/c1-2-25(35-18-16-33-23-8-4-21(5-9-23)27-29-12-13-30-27)20-26(3-1)36-19-17-34-24-10-6-22(7-11-24)28-31-14-15-32-28/h1-11,20H,12-19H2,(H,29,30)(H,31,32). The molecule has 2 aliphatic rings. The molecule has 0 unspecified atom stereocenters. The first-order valence-corrected chi connectivity index (χ1v) is 12.2. The monoisotopic (exact) mass is 486 g/mol. The van der Waals surface area contributed by atoms with Gasteiger partial charge in [0.25, 0.3) is 0 Å². The van der Waals surface area contributed by atoms with Gasteiger partial charge in [-0.1, -0.05) is 6.07 Å². The molecule has 2 N–H and O–H groups in total. The van der Waals surface area contributed by atoms with Crippen molar-refractivity contribution in [2.24, 2.45) is 9.98 Å². The zero-order valence-electron chi connectivity index (χ0n) is 20.1. The van der Waals surface area contributed by atoms with Crippen LogP contribution in [0.5, 0.6) is 23.0 Å². The number of rotatable bonds is 12. The number of ether oxygens (including phenoxy) is 4.